The van der Waals surface area contributed by atoms with E-state index in [0.29, 0.717) is 11.0 Å². The minimum Gasteiger partial charge on any atom is -0.467 e. The van der Waals surface area contributed by atoms with Crippen LogP contribution in [-0.4, -0.2) is 36.2 Å². The van der Waals surface area contributed by atoms with E-state index in [2.05, 4.69) is 31.4 Å². The lowest BCUT2D eigenvalue weighted by Gasteiger charge is -2.22. The molecule has 6 aromatic rings. The summed E-state index contributed by atoms with van der Waals surface area (Å²) in [5, 5.41) is 9.25. The summed E-state index contributed by atoms with van der Waals surface area (Å²) < 4.78 is 8.57. The van der Waals surface area contributed by atoms with Crippen LogP contribution >= 0.6 is 0 Å². The van der Waals surface area contributed by atoms with Crippen LogP contribution in [0.25, 0.3) is 33.2 Å². The highest BCUT2D eigenvalue weighted by molar-refractivity contribution is 5.96. The number of rotatable bonds is 6. The van der Waals surface area contributed by atoms with Gasteiger partial charge in [0.1, 0.15) is 0 Å². The number of hydrogen-bond donors (Lipinski definition) is 1. The number of methoxy groups -OCH3 is 1. The van der Waals surface area contributed by atoms with Gasteiger partial charge in [0.15, 0.2) is 5.65 Å². The summed E-state index contributed by atoms with van der Waals surface area (Å²) in [6.45, 7) is 2.03. The molecule has 37 heavy (non-hydrogen) atoms. The van der Waals surface area contributed by atoms with Gasteiger partial charge in [-0.05, 0) is 42.1 Å². The van der Waals surface area contributed by atoms with Crippen LogP contribution in [0.3, 0.4) is 0 Å². The van der Waals surface area contributed by atoms with Gasteiger partial charge in [-0.2, -0.15) is 5.10 Å². The predicted octanol–water partition coefficient (Wildman–Crippen LogP) is 4.67. The first-order chi connectivity index (χ1) is 18.1. The Bertz CT molecular complexity index is 1780. The molecule has 6 rings (SSSR count). The lowest BCUT2D eigenvalue weighted by Crippen LogP contribution is -2.26. The van der Waals surface area contributed by atoms with Crippen molar-refractivity contribution < 1.29 is 4.74 Å². The van der Waals surface area contributed by atoms with Crippen LogP contribution in [-0.2, 0) is 0 Å². The van der Waals surface area contributed by atoms with Gasteiger partial charge in [-0.3, -0.25) is 9.36 Å². The SMILES string of the molecule is COc1ncc(-c2cccc3cc([C@H](C)Nc4ccnn5ccnc45)n(-c4ccccc4)c(=O)c23)cn1. The van der Waals surface area contributed by atoms with Crippen molar-refractivity contribution in [3.63, 3.8) is 0 Å². The van der Waals surface area contributed by atoms with Crippen LogP contribution in [0.1, 0.15) is 18.7 Å². The average molecular weight is 490 g/mol. The number of nitrogens with zero attached hydrogens (tertiary/aromatic N) is 6. The van der Waals surface area contributed by atoms with Crippen molar-refractivity contribution in [2.75, 3.05) is 12.4 Å². The molecule has 0 aliphatic heterocycles. The highest BCUT2D eigenvalue weighted by Crippen LogP contribution is 2.30. The number of pyridine rings is 1. The Hall–Kier alpha value is -5.05. The highest BCUT2D eigenvalue weighted by Gasteiger charge is 2.20. The summed E-state index contributed by atoms with van der Waals surface area (Å²) in [7, 11) is 1.52. The van der Waals surface area contributed by atoms with Gasteiger partial charge in [0, 0.05) is 41.7 Å². The summed E-state index contributed by atoms with van der Waals surface area (Å²) in [6.07, 6.45) is 8.57. The lowest BCUT2D eigenvalue weighted by atomic mass is 9.99. The fraction of sp³-hybridized carbons (Fsp3) is 0.107. The lowest BCUT2D eigenvalue weighted by molar-refractivity contribution is 0.380. The second-order valence-corrected chi connectivity index (χ2v) is 8.58. The number of hydrogen-bond acceptors (Lipinski definition) is 7. The van der Waals surface area contributed by atoms with Crippen molar-refractivity contribution in [1.82, 2.24) is 29.1 Å². The van der Waals surface area contributed by atoms with E-state index in [1.807, 2.05) is 61.5 Å². The molecule has 182 valence electrons. The summed E-state index contributed by atoms with van der Waals surface area (Å²) in [6, 6.07) is 19.4. The molecule has 0 aliphatic rings. The Morgan fingerprint density at radius 2 is 1.76 bits per heavy atom. The van der Waals surface area contributed by atoms with Gasteiger partial charge in [-0.15, -0.1) is 0 Å². The van der Waals surface area contributed by atoms with E-state index < -0.39 is 0 Å². The fourth-order valence-electron chi connectivity index (χ4n) is 4.60. The standard InChI is InChI=1S/C28H23N7O2/c1-18(33-23-11-12-32-34-14-13-29-26(23)34)24-15-19-7-6-10-22(20-16-30-28(37-2)31-17-20)25(19)27(36)35(24)21-8-4-3-5-9-21/h3-18,33H,1-2H3/t18-/m0/s1. The second kappa shape index (κ2) is 9.19. The molecule has 0 saturated heterocycles. The van der Waals surface area contributed by atoms with Gasteiger partial charge in [-0.25, -0.2) is 19.5 Å². The quantitative estimate of drug-likeness (QED) is 0.363. The Labute approximate surface area is 212 Å². The molecule has 1 atom stereocenters. The number of nitrogens with one attached hydrogen (secondary N) is 1. The minimum atomic E-state index is -0.229. The molecule has 2 aromatic carbocycles. The molecule has 0 bridgehead atoms. The topological polar surface area (TPSA) is 99.2 Å². The third-order valence-corrected chi connectivity index (χ3v) is 6.32. The first-order valence-corrected chi connectivity index (χ1v) is 11.8. The maximum absolute atomic E-state index is 14.2. The molecule has 9 heteroatoms. The third kappa shape index (κ3) is 3.96. The molecule has 9 nitrogen and oxygen atoms in total. The van der Waals surface area contributed by atoms with Crippen molar-refractivity contribution >= 4 is 22.1 Å². The molecular formula is C28H23N7O2. The van der Waals surface area contributed by atoms with Crippen molar-refractivity contribution in [2.24, 2.45) is 0 Å². The maximum Gasteiger partial charge on any atom is 0.316 e. The van der Waals surface area contributed by atoms with E-state index >= 15 is 0 Å². The zero-order valence-corrected chi connectivity index (χ0v) is 20.2. The van der Waals surface area contributed by atoms with Crippen molar-refractivity contribution in [1.29, 1.82) is 0 Å². The molecule has 0 radical (unpaired) electrons. The molecular weight excluding hydrogens is 466 g/mol. The zero-order valence-electron chi connectivity index (χ0n) is 20.2. The molecule has 4 heterocycles. The van der Waals surface area contributed by atoms with Crippen LogP contribution in [0.4, 0.5) is 5.69 Å². The fourth-order valence-corrected chi connectivity index (χ4v) is 4.60. The van der Waals surface area contributed by atoms with Crippen LogP contribution in [0.5, 0.6) is 6.01 Å². The largest absolute Gasteiger partial charge is 0.467 e. The van der Waals surface area contributed by atoms with Gasteiger partial charge in [0.25, 0.3) is 5.56 Å². The Morgan fingerprint density at radius 1 is 0.946 bits per heavy atom. The van der Waals surface area contributed by atoms with E-state index in [-0.39, 0.29) is 17.6 Å². The summed E-state index contributed by atoms with van der Waals surface area (Å²) in [4.78, 5) is 27.1. The zero-order chi connectivity index (χ0) is 25.4. The van der Waals surface area contributed by atoms with E-state index in [4.69, 9.17) is 4.74 Å². The Balaban J connectivity index is 1.55. The smallest absolute Gasteiger partial charge is 0.316 e. The van der Waals surface area contributed by atoms with Gasteiger partial charge in [0.2, 0.25) is 0 Å². The normalized spacial score (nSPS) is 12.1. The molecule has 0 amide bonds. The van der Waals surface area contributed by atoms with Crippen molar-refractivity contribution in [2.45, 2.75) is 13.0 Å². The Kier molecular flexibility index (Phi) is 5.57. The summed E-state index contributed by atoms with van der Waals surface area (Å²) in [5.74, 6) is 0. The first kappa shape index (κ1) is 22.4. The van der Waals surface area contributed by atoms with E-state index in [1.54, 1.807) is 40.1 Å². The molecule has 0 fully saturated rings. The van der Waals surface area contributed by atoms with Crippen molar-refractivity contribution in [3.05, 3.63) is 108 Å². The number of benzene rings is 2. The van der Waals surface area contributed by atoms with Crippen LogP contribution < -0.4 is 15.6 Å². The second-order valence-electron chi connectivity index (χ2n) is 8.58. The Morgan fingerprint density at radius 3 is 2.54 bits per heavy atom. The summed E-state index contributed by atoms with van der Waals surface area (Å²) >= 11 is 0. The van der Waals surface area contributed by atoms with Crippen LogP contribution in [0, 0.1) is 0 Å². The number of anilines is 1. The molecule has 0 spiro atoms. The van der Waals surface area contributed by atoms with E-state index in [0.717, 1.165) is 33.6 Å². The molecule has 0 unspecified atom stereocenters. The van der Waals surface area contributed by atoms with Gasteiger partial charge in [-0.1, -0.05) is 36.4 Å². The van der Waals surface area contributed by atoms with Gasteiger partial charge in [0.05, 0.1) is 30.4 Å². The highest BCUT2D eigenvalue weighted by atomic mass is 16.5. The number of ether oxygens (including phenoxy) is 1. The van der Waals surface area contributed by atoms with Crippen LogP contribution in [0.15, 0.2) is 96.4 Å². The average Bonchev–Trinajstić information content (AvgIpc) is 3.43. The monoisotopic (exact) mass is 489 g/mol. The summed E-state index contributed by atoms with van der Waals surface area (Å²) in [5.41, 5.74) is 4.50. The molecule has 0 aliphatic carbocycles. The van der Waals surface area contributed by atoms with Crippen LogP contribution in [0.2, 0.25) is 0 Å². The van der Waals surface area contributed by atoms with E-state index in [1.165, 1.54) is 7.11 Å². The van der Waals surface area contributed by atoms with Gasteiger partial charge < -0.3 is 10.1 Å². The van der Waals surface area contributed by atoms with Crippen molar-refractivity contribution in [3.8, 4) is 22.8 Å². The number of aromatic nitrogens is 6. The van der Waals surface area contributed by atoms with Gasteiger partial charge >= 0.3 is 6.01 Å². The number of para-hydroxylation sites is 1. The number of imidazole rings is 1. The molecule has 1 N–H and O–H groups in total. The maximum atomic E-state index is 14.2. The molecule has 4 aromatic heterocycles. The molecule has 0 saturated carbocycles. The predicted molar refractivity (Wildman–Crippen MR) is 142 cm³/mol. The first-order valence-electron chi connectivity index (χ1n) is 11.8. The number of fused-ring (bicyclic) bond motifs is 2. The third-order valence-electron chi connectivity index (χ3n) is 6.32. The van der Waals surface area contributed by atoms with E-state index in [9.17, 15) is 4.79 Å². The minimum absolute atomic E-state index is 0.126.